The van der Waals surface area contributed by atoms with Gasteiger partial charge < -0.3 is 5.73 Å². The van der Waals surface area contributed by atoms with Crippen molar-refractivity contribution in [2.45, 2.75) is 6.92 Å². The summed E-state index contributed by atoms with van der Waals surface area (Å²) in [5.41, 5.74) is 6.54. The minimum Gasteiger partial charge on any atom is -0.384 e. The van der Waals surface area contributed by atoms with Crippen molar-refractivity contribution in [1.82, 2.24) is 4.98 Å². The maximum absolute atomic E-state index is 6.02. The van der Waals surface area contributed by atoms with Crippen molar-refractivity contribution < 1.29 is 0 Å². The molecule has 1 aromatic carbocycles. The molecule has 2 N–H and O–H groups in total. The van der Waals surface area contributed by atoms with Crippen LogP contribution in [0.5, 0.6) is 0 Å². The Morgan fingerprint density at radius 2 is 2.08 bits per heavy atom. The highest BCUT2D eigenvalue weighted by Gasteiger charge is 2.02. The molecular formula is C10H9ClN2. The summed E-state index contributed by atoms with van der Waals surface area (Å²) in [6.45, 7) is 1.93. The van der Waals surface area contributed by atoms with E-state index in [9.17, 15) is 0 Å². The first-order valence-electron chi connectivity index (χ1n) is 4.00. The Morgan fingerprint density at radius 3 is 2.85 bits per heavy atom. The number of aromatic nitrogens is 1. The highest BCUT2D eigenvalue weighted by molar-refractivity contribution is 6.35. The molecule has 0 aliphatic carbocycles. The number of nitrogen functional groups attached to an aromatic ring is 1. The van der Waals surface area contributed by atoms with Crippen LogP contribution in [-0.2, 0) is 0 Å². The maximum atomic E-state index is 6.02. The molecule has 66 valence electrons. The molecule has 0 radical (unpaired) electrons. The van der Waals surface area contributed by atoms with E-state index in [1.165, 1.54) is 0 Å². The smallest absolute Gasteiger partial charge is 0.124 e. The Hall–Kier alpha value is -1.28. The van der Waals surface area contributed by atoms with E-state index in [4.69, 9.17) is 17.3 Å². The lowest BCUT2D eigenvalue weighted by molar-refractivity contribution is 1.24. The summed E-state index contributed by atoms with van der Waals surface area (Å²) in [5.74, 6) is 0.512. The molecule has 2 rings (SSSR count). The first-order chi connectivity index (χ1) is 6.18. The van der Waals surface area contributed by atoms with Gasteiger partial charge in [-0.15, -0.1) is 0 Å². The largest absolute Gasteiger partial charge is 0.384 e. The first-order valence-corrected chi connectivity index (χ1v) is 4.37. The summed E-state index contributed by atoms with van der Waals surface area (Å²) in [5, 5.41) is 2.74. The number of benzene rings is 1. The van der Waals surface area contributed by atoms with Gasteiger partial charge >= 0.3 is 0 Å². The molecule has 0 saturated carbocycles. The van der Waals surface area contributed by atoms with E-state index < -0.39 is 0 Å². The molecule has 1 heterocycles. The van der Waals surface area contributed by atoms with E-state index in [1.54, 1.807) is 6.07 Å². The van der Waals surface area contributed by atoms with Crippen LogP contribution >= 0.6 is 11.6 Å². The predicted molar refractivity (Wildman–Crippen MR) is 55.9 cm³/mol. The number of nitrogens with two attached hydrogens (primary N) is 1. The highest BCUT2D eigenvalue weighted by Crippen LogP contribution is 2.26. The van der Waals surface area contributed by atoms with Gasteiger partial charge in [0.15, 0.2) is 0 Å². The summed E-state index contributed by atoms with van der Waals surface area (Å²) in [7, 11) is 0. The van der Waals surface area contributed by atoms with Crippen molar-refractivity contribution in [3.05, 3.63) is 35.0 Å². The molecular weight excluding hydrogens is 184 g/mol. The van der Waals surface area contributed by atoms with Crippen LogP contribution in [0.1, 0.15) is 5.69 Å². The Labute approximate surface area is 81.3 Å². The van der Waals surface area contributed by atoms with Crippen molar-refractivity contribution in [3.63, 3.8) is 0 Å². The average molecular weight is 193 g/mol. The Kier molecular flexibility index (Phi) is 1.85. The first kappa shape index (κ1) is 8.32. The van der Waals surface area contributed by atoms with Crippen LogP contribution in [0.2, 0.25) is 5.02 Å². The van der Waals surface area contributed by atoms with Crippen molar-refractivity contribution in [2.75, 3.05) is 5.73 Å². The topological polar surface area (TPSA) is 38.9 Å². The normalized spacial score (nSPS) is 10.6. The minimum atomic E-state index is 0.512. The molecule has 2 aromatic rings. The lowest BCUT2D eigenvalue weighted by atomic mass is 10.1. The second-order valence-corrected chi connectivity index (χ2v) is 3.37. The van der Waals surface area contributed by atoms with Gasteiger partial charge in [0.1, 0.15) is 5.82 Å². The Balaban J connectivity index is 2.94. The van der Waals surface area contributed by atoms with Crippen LogP contribution in [0.4, 0.5) is 5.82 Å². The summed E-state index contributed by atoms with van der Waals surface area (Å²) >= 11 is 6.02. The van der Waals surface area contributed by atoms with Crippen molar-refractivity contribution in [2.24, 2.45) is 0 Å². The zero-order chi connectivity index (χ0) is 9.42. The number of hydrogen-bond donors (Lipinski definition) is 1. The number of anilines is 1. The fraction of sp³-hybridized carbons (Fsp3) is 0.100. The van der Waals surface area contributed by atoms with E-state index in [0.717, 1.165) is 21.5 Å². The number of hydrogen-bond acceptors (Lipinski definition) is 2. The van der Waals surface area contributed by atoms with E-state index in [0.29, 0.717) is 5.82 Å². The van der Waals surface area contributed by atoms with E-state index in [-0.39, 0.29) is 0 Å². The minimum absolute atomic E-state index is 0.512. The number of nitrogens with zero attached hydrogens (tertiary/aromatic N) is 1. The molecule has 0 atom stereocenters. The van der Waals surface area contributed by atoms with E-state index >= 15 is 0 Å². The molecule has 0 fully saturated rings. The fourth-order valence-corrected chi connectivity index (χ4v) is 1.66. The predicted octanol–water partition coefficient (Wildman–Crippen LogP) is 2.78. The molecule has 13 heavy (non-hydrogen) atoms. The molecule has 3 heteroatoms. The van der Waals surface area contributed by atoms with Gasteiger partial charge in [-0.05, 0) is 19.1 Å². The third-order valence-corrected chi connectivity index (χ3v) is 2.36. The number of pyridine rings is 1. The summed E-state index contributed by atoms with van der Waals surface area (Å²) in [6.07, 6.45) is 0. The quantitative estimate of drug-likeness (QED) is 0.697. The monoisotopic (exact) mass is 192 g/mol. The molecule has 0 bridgehead atoms. The van der Waals surface area contributed by atoms with Gasteiger partial charge in [0.2, 0.25) is 0 Å². The van der Waals surface area contributed by atoms with Crippen molar-refractivity contribution in [1.29, 1.82) is 0 Å². The molecule has 0 unspecified atom stereocenters. The van der Waals surface area contributed by atoms with Crippen LogP contribution in [0.25, 0.3) is 10.8 Å². The van der Waals surface area contributed by atoms with Gasteiger partial charge in [-0.1, -0.05) is 23.7 Å². The third kappa shape index (κ3) is 1.33. The standard InChI is InChI=1S/C10H9ClN2/c1-6-7-3-2-4-9(11)8(7)5-10(12)13-6/h2-5H,1H3,(H2,12,13). The molecule has 0 aliphatic rings. The van der Waals surface area contributed by atoms with Crippen molar-refractivity contribution >= 4 is 28.2 Å². The van der Waals surface area contributed by atoms with Gasteiger partial charge in [-0.3, -0.25) is 0 Å². The van der Waals surface area contributed by atoms with Crippen LogP contribution in [0, 0.1) is 6.92 Å². The van der Waals surface area contributed by atoms with Gasteiger partial charge in [0.25, 0.3) is 0 Å². The Morgan fingerprint density at radius 1 is 1.31 bits per heavy atom. The van der Waals surface area contributed by atoms with Gasteiger partial charge in [0, 0.05) is 21.5 Å². The van der Waals surface area contributed by atoms with Gasteiger partial charge in [0.05, 0.1) is 0 Å². The molecule has 0 aliphatic heterocycles. The molecule has 0 amide bonds. The van der Waals surface area contributed by atoms with E-state index in [1.807, 2.05) is 25.1 Å². The average Bonchev–Trinajstić information content (AvgIpc) is 2.07. The van der Waals surface area contributed by atoms with E-state index in [2.05, 4.69) is 4.98 Å². The molecule has 1 aromatic heterocycles. The number of fused-ring (bicyclic) bond motifs is 1. The number of aryl methyl sites for hydroxylation is 1. The van der Waals surface area contributed by atoms with Gasteiger partial charge in [-0.2, -0.15) is 0 Å². The molecule has 0 saturated heterocycles. The van der Waals surface area contributed by atoms with Crippen LogP contribution in [-0.4, -0.2) is 4.98 Å². The lowest BCUT2D eigenvalue weighted by Crippen LogP contribution is -1.93. The summed E-state index contributed by atoms with van der Waals surface area (Å²) in [4.78, 5) is 4.16. The van der Waals surface area contributed by atoms with Crippen LogP contribution < -0.4 is 5.73 Å². The number of halogens is 1. The third-order valence-electron chi connectivity index (χ3n) is 2.03. The molecule has 2 nitrogen and oxygen atoms in total. The Bertz CT molecular complexity index is 466. The second-order valence-electron chi connectivity index (χ2n) is 2.97. The zero-order valence-corrected chi connectivity index (χ0v) is 7.97. The SMILES string of the molecule is Cc1nc(N)cc2c(Cl)cccc12. The fourth-order valence-electron chi connectivity index (χ4n) is 1.43. The van der Waals surface area contributed by atoms with Crippen molar-refractivity contribution in [3.8, 4) is 0 Å². The molecule has 0 spiro atoms. The highest BCUT2D eigenvalue weighted by atomic mass is 35.5. The lowest BCUT2D eigenvalue weighted by Gasteiger charge is -2.04. The van der Waals surface area contributed by atoms with Crippen LogP contribution in [0.15, 0.2) is 24.3 Å². The number of rotatable bonds is 0. The second kappa shape index (κ2) is 2.89. The summed E-state index contributed by atoms with van der Waals surface area (Å²) in [6, 6.07) is 7.55. The zero-order valence-electron chi connectivity index (χ0n) is 7.21. The van der Waals surface area contributed by atoms with Gasteiger partial charge in [-0.25, -0.2) is 4.98 Å². The van der Waals surface area contributed by atoms with Crippen LogP contribution in [0.3, 0.4) is 0 Å². The summed E-state index contributed by atoms with van der Waals surface area (Å²) < 4.78 is 0. The maximum Gasteiger partial charge on any atom is 0.124 e.